The maximum atomic E-state index is 5.94. The highest BCUT2D eigenvalue weighted by atomic mass is 32.1. The number of fused-ring (bicyclic) bond motifs is 1. The monoisotopic (exact) mass is 291 g/mol. The van der Waals surface area contributed by atoms with Crippen molar-refractivity contribution in [1.29, 1.82) is 0 Å². The highest BCUT2D eigenvalue weighted by molar-refractivity contribution is 7.15. The van der Waals surface area contributed by atoms with Gasteiger partial charge in [-0.25, -0.2) is 4.98 Å². The van der Waals surface area contributed by atoms with E-state index in [1.54, 1.807) is 0 Å². The van der Waals surface area contributed by atoms with Gasteiger partial charge in [0, 0.05) is 24.2 Å². The summed E-state index contributed by atoms with van der Waals surface area (Å²) in [4.78, 5) is 7.40. The molecule has 0 bridgehead atoms. The van der Waals surface area contributed by atoms with Gasteiger partial charge < -0.3 is 15.2 Å². The fraction of sp³-hybridized carbons (Fsp3) is 0.357. The smallest absolute Gasteiger partial charge is 0.180 e. The van der Waals surface area contributed by atoms with Crippen LogP contribution in [0.5, 0.6) is 11.5 Å². The summed E-state index contributed by atoms with van der Waals surface area (Å²) in [5, 5.41) is 0.611. The van der Waals surface area contributed by atoms with E-state index >= 15 is 0 Å². The molecule has 0 spiro atoms. The molecule has 0 amide bonds. The van der Waals surface area contributed by atoms with Crippen molar-refractivity contribution in [2.45, 2.75) is 12.6 Å². The third-order valence-corrected chi connectivity index (χ3v) is 3.89. The Bertz CT molecular complexity index is 587. The summed E-state index contributed by atoms with van der Waals surface area (Å²) in [5.41, 5.74) is 5.64. The molecule has 2 N–H and O–H groups in total. The molecular formula is C14H17N3O2S. The second-order valence-corrected chi connectivity index (χ2v) is 6.01. The molecular weight excluding hydrogens is 274 g/mol. The molecule has 0 saturated heterocycles. The Morgan fingerprint density at radius 3 is 2.95 bits per heavy atom. The molecule has 2 aromatic rings. The second-order valence-electron chi connectivity index (χ2n) is 4.86. The SMILES string of the molecule is CN(Cc1cnc(N)s1)CC1COc2ccccc2O1. The molecule has 1 aliphatic heterocycles. The van der Waals surface area contributed by atoms with Crippen molar-refractivity contribution in [3.63, 3.8) is 0 Å². The summed E-state index contributed by atoms with van der Waals surface area (Å²) in [6, 6.07) is 7.76. The van der Waals surface area contributed by atoms with Crippen molar-refractivity contribution in [3.05, 3.63) is 35.3 Å². The van der Waals surface area contributed by atoms with Gasteiger partial charge >= 0.3 is 0 Å². The molecule has 2 heterocycles. The van der Waals surface area contributed by atoms with Gasteiger partial charge in [0.2, 0.25) is 0 Å². The van der Waals surface area contributed by atoms with Gasteiger partial charge in [-0.05, 0) is 19.2 Å². The molecule has 3 rings (SSSR count). The lowest BCUT2D eigenvalue weighted by Crippen LogP contribution is -2.39. The summed E-state index contributed by atoms with van der Waals surface area (Å²) in [6.07, 6.45) is 1.87. The lowest BCUT2D eigenvalue weighted by molar-refractivity contribution is 0.0640. The van der Waals surface area contributed by atoms with E-state index < -0.39 is 0 Å². The fourth-order valence-corrected chi connectivity index (χ4v) is 2.99. The highest BCUT2D eigenvalue weighted by Crippen LogP contribution is 2.31. The number of nitrogens with two attached hydrogens (primary N) is 1. The van der Waals surface area contributed by atoms with Crippen molar-refractivity contribution in [2.75, 3.05) is 25.9 Å². The number of para-hydroxylation sites is 2. The predicted molar refractivity (Wildman–Crippen MR) is 79.2 cm³/mol. The minimum atomic E-state index is 0.0418. The van der Waals surface area contributed by atoms with E-state index in [1.807, 2.05) is 30.5 Å². The number of likely N-dealkylation sites (N-methyl/N-ethyl adjacent to an activating group) is 1. The van der Waals surface area contributed by atoms with Crippen LogP contribution in [0, 0.1) is 0 Å². The molecule has 0 radical (unpaired) electrons. The molecule has 20 heavy (non-hydrogen) atoms. The van der Waals surface area contributed by atoms with E-state index in [0.29, 0.717) is 11.7 Å². The van der Waals surface area contributed by atoms with E-state index in [2.05, 4.69) is 16.9 Å². The minimum absolute atomic E-state index is 0.0418. The number of nitrogen functional groups attached to an aromatic ring is 1. The number of thiazole rings is 1. The topological polar surface area (TPSA) is 60.6 Å². The van der Waals surface area contributed by atoms with Crippen molar-refractivity contribution in [2.24, 2.45) is 0 Å². The molecule has 1 aromatic heterocycles. The normalized spacial score (nSPS) is 17.4. The molecule has 1 atom stereocenters. The van der Waals surface area contributed by atoms with Crippen LogP contribution in [0.2, 0.25) is 0 Å². The highest BCUT2D eigenvalue weighted by Gasteiger charge is 2.22. The quantitative estimate of drug-likeness (QED) is 0.933. The van der Waals surface area contributed by atoms with Gasteiger partial charge in [-0.2, -0.15) is 0 Å². The van der Waals surface area contributed by atoms with Crippen LogP contribution < -0.4 is 15.2 Å². The van der Waals surface area contributed by atoms with Gasteiger partial charge in [-0.3, -0.25) is 4.90 Å². The van der Waals surface area contributed by atoms with Crippen molar-refractivity contribution in [1.82, 2.24) is 9.88 Å². The zero-order chi connectivity index (χ0) is 13.9. The number of benzene rings is 1. The lowest BCUT2D eigenvalue weighted by atomic mass is 10.2. The summed E-state index contributed by atoms with van der Waals surface area (Å²) < 4.78 is 11.7. The Hall–Kier alpha value is -1.79. The van der Waals surface area contributed by atoms with Crippen LogP contribution in [0.1, 0.15) is 4.88 Å². The average Bonchev–Trinajstić information content (AvgIpc) is 2.83. The first kappa shape index (κ1) is 13.2. The average molecular weight is 291 g/mol. The molecule has 1 aliphatic rings. The lowest BCUT2D eigenvalue weighted by Gasteiger charge is -2.29. The number of nitrogens with zero attached hydrogens (tertiary/aromatic N) is 2. The van der Waals surface area contributed by atoms with E-state index in [0.717, 1.165) is 29.5 Å². The van der Waals surface area contributed by atoms with E-state index in [4.69, 9.17) is 15.2 Å². The first-order valence-electron chi connectivity index (χ1n) is 6.48. The van der Waals surface area contributed by atoms with Gasteiger partial charge in [0.1, 0.15) is 12.7 Å². The number of anilines is 1. The molecule has 5 nitrogen and oxygen atoms in total. The van der Waals surface area contributed by atoms with Crippen LogP contribution in [0.3, 0.4) is 0 Å². The third kappa shape index (κ3) is 3.02. The van der Waals surface area contributed by atoms with Gasteiger partial charge in [0.05, 0.1) is 0 Å². The number of hydrogen-bond acceptors (Lipinski definition) is 6. The molecule has 0 aliphatic carbocycles. The Balaban J connectivity index is 1.56. The zero-order valence-corrected chi connectivity index (χ0v) is 12.1. The van der Waals surface area contributed by atoms with Gasteiger partial charge in [-0.15, -0.1) is 11.3 Å². The molecule has 6 heteroatoms. The fourth-order valence-electron chi connectivity index (χ4n) is 2.23. The van der Waals surface area contributed by atoms with Crippen LogP contribution >= 0.6 is 11.3 Å². The van der Waals surface area contributed by atoms with Crippen molar-refractivity contribution < 1.29 is 9.47 Å². The zero-order valence-electron chi connectivity index (χ0n) is 11.3. The van der Waals surface area contributed by atoms with E-state index in [1.165, 1.54) is 11.3 Å². The standard InChI is InChI=1S/C14H17N3O2S/c1-17(8-11-6-16-14(15)20-11)7-10-9-18-12-4-2-3-5-13(12)19-10/h2-6,10H,7-9H2,1H3,(H2,15,16). The number of ether oxygens (including phenoxy) is 2. The number of hydrogen-bond donors (Lipinski definition) is 1. The first-order valence-corrected chi connectivity index (χ1v) is 7.29. The second kappa shape index (κ2) is 5.68. The van der Waals surface area contributed by atoms with Crippen LogP contribution in [0.25, 0.3) is 0 Å². The molecule has 0 fully saturated rings. The van der Waals surface area contributed by atoms with Gasteiger partial charge in [-0.1, -0.05) is 12.1 Å². The molecule has 0 saturated carbocycles. The molecule has 106 valence electrons. The van der Waals surface area contributed by atoms with Crippen LogP contribution in [-0.4, -0.2) is 36.2 Å². The summed E-state index contributed by atoms with van der Waals surface area (Å²) in [7, 11) is 2.06. The minimum Gasteiger partial charge on any atom is -0.486 e. The van der Waals surface area contributed by atoms with Crippen molar-refractivity contribution in [3.8, 4) is 11.5 Å². The predicted octanol–water partition coefficient (Wildman–Crippen LogP) is 2.00. The van der Waals surface area contributed by atoms with Gasteiger partial charge in [0.15, 0.2) is 16.6 Å². The van der Waals surface area contributed by atoms with Crippen LogP contribution in [0.15, 0.2) is 30.5 Å². The Morgan fingerprint density at radius 1 is 1.40 bits per heavy atom. The summed E-state index contributed by atoms with van der Waals surface area (Å²) >= 11 is 1.52. The maximum absolute atomic E-state index is 5.94. The molecule has 1 unspecified atom stereocenters. The first-order chi connectivity index (χ1) is 9.70. The molecule has 1 aromatic carbocycles. The summed E-state index contributed by atoms with van der Waals surface area (Å²) in [6.45, 7) is 2.19. The third-order valence-electron chi connectivity index (χ3n) is 3.08. The Morgan fingerprint density at radius 2 is 2.20 bits per heavy atom. The summed E-state index contributed by atoms with van der Waals surface area (Å²) in [5.74, 6) is 1.64. The van der Waals surface area contributed by atoms with Crippen LogP contribution in [-0.2, 0) is 6.54 Å². The largest absolute Gasteiger partial charge is 0.486 e. The maximum Gasteiger partial charge on any atom is 0.180 e. The Labute approximate surface area is 121 Å². The van der Waals surface area contributed by atoms with E-state index in [9.17, 15) is 0 Å². The number of aromatic nitrogens is 1. The number of rotatable bonds is 4. The van der Waals surface area contributed by atoms with Gasteiger partial charge in [0.25, 0.3) is 0 Å². The van der Waals surface area contributed by atoms with E-state index in [-0.39, 0.29) is 6.10 Å². The van der Waals surface area contributed by atoms with Crippen LogP contribution in [0.4, 0.5) is 5.13 Å². The Kier molecular flexibility index (Phi) is 3.75. The van der Waals surface area contributed by atoms with Crippen molar-refractivity contribution >= 4 is 16.5 Å².